The van der Waals surface area contributed by atoms with Crippen molar-refractivity contribution in [1.82, 2.24) is 0 Å². The van der Waals surface area contributed by atoms with E-state index in [0.717, 1.165) is 31.4 Å². The van der Waals surface area contributed by atoms with Crippen LogP contribution in [0.3, 0.4) is 0 Å². The highest BCUT2D eigenvalue weighted by Crippen LogP contribution is 2.18. The molecule has 0 spiro atoms. The normalized spacial score (nSPS) is 12.2. The van der Waals surface area contributed by atoms with Crippen LogP contribution in [0.4, 0.5) is 5.69 Å². The number of nitrogens with two attached hydrogens (primary N) is 1. The highest BCUT2D eigenvalue weighted by Gasteiger charge is 2.10. The van der Waals surface area contributed by atoms with Gasteiger partial charge in [0.15, 0.2) is 0 Å². The minimum atomic E-state index is 0.103. The molecule has 3 nitrogen and oxygen atoms in total. The average molecular weight is 276 g/mol. The van der Waals surface area contributed by atoms with Gasteiger partial charge in [0.05, 0.1) is 0 Å². The Labute approximate surface area is 122 Å². The van der Waals surface area contributed by atoms with Crippen molar-refractivity contribution in [2.24, 2.45) is 11.7 Å². The van der Waals surface area contributed by atoms with Gasteiger partial charge in [-0.2, -0.15) is 0 Å². The SMILES string of the molecule is CCCC(CCN)CCC(=O)Nc1ccc(C)c(C)c1. The van der Waals surface area contributed by atoms with Gasteiger partial charge < -0.3 is 11.1 Å². The van der Waals surface area contributed by atoms with E-state index in [9.17, 15) is 4.79 Å². The van der Waals surface area contributed by atoms with Crippen molar-refractivity contribution in [2.45, 2.75) is 52.9 Å². The third-order valence-electron chi connectivity index (χ3n) is 3.84. The van der Waals surface area contributed by atoms with Gasteiger partial charge in [-0.15, -0.1) is 0 Å². The summed E-state index contributed by atoms with van der Waals surface area (Å²) in [6.07, 6.45) is 4.85. The molecule has 1 atom stereocenters. The molecule has 0 fully saturated rings. The Morgan fingerprint density at radius 3 is 2.55 bits per heavy atom. The number of hydrogen-bond donors (Lipinski definition) is 2. The molecular formula is C17H28N2O. The molecule has 0 aliphatic heterocycles. The second kappa shape index (κ2) is 8.75. The zero-order valence-corrected chi connectivity index (χ0v) is 13.0. The fourth-order valence-electron chi connectivity index (χ4n) is 2.45. The first-order valence-electron chi connectivity index (χ1n) is 7.64. The van der Waals surface area contributed by atoms with Gasteiger partial charge in [0.2, 0.25) is 5.91 Å². The predicted octanol–water partition coefficient (Wildman–Crippen LogP) is 3.79. The van der Waals surface area contributed by atoms with E-state index in [1.807, 2.05) is 18.2 Å². The number of anilines is 1. The largest absolute Gasteiger partial charge is 0.330 e. The monoisotopic (exact) mass is 276 g/mol. The van der Waals surface area contributed by atoms with Crippen molar-refractivity contribution < 1.29 is 4.79 Å². The smallest absolute Gasteiger partial charge is 0.224 e. The maximum Gasteiger partial charge on any atom is 0.224 e. The second-order valence-electron chi connectivity index (χ2n) is 5.62. The minimum absolute atomic E-state index is 0.103. The Bertz CT molecular complexity index is 423. The van der Waals surface area contributed by atoms with E-state index in [-0.39, 0.29) is 5.91 Å². The summed E-state index contributed by atoms with van der Waals surface area (Å²) in [6, 6.07) is 6.03. The van der Waals surface area contributed by atoms with E-state index >= 15 is 0 Å². The third kappa shape index (κ3) is 5.74. The fourth-order valence-corrected chi connectivity index (χ4v) is 2.45. The number of amides is 1. The first-order chi connectivity index (χ1) is 9.56. The molecule has 0 heterocycles. The number of nitrogens with one attached hydrogen (secondary N) is 1. The molecule has 3 N–H and O–H groups in total. The summed E-state index contributed by atoms with van der Waals surface area (Å²) in [6.45, 7) is 7.02. The Morgan fingerprint density at radius 1 is 1.20 bits per heavy atom. The molecule has 0 aliphatic rings. The first kappa shape index (κ1) is 16.7. The third-order valence-corrected chi connectivity index (χ3v) is 3.84. The summed E-state index contributed by atoms with van der Waals surface area (Å²) >= 11 is 0. The summed E-state index contributed by atoms with van der Waals surface area (Å²) in [5, 5.41) is 2.98. The van der Waals surface area contributed by atoms with Crippen LogP contribution in [0.1, 0.15) is 50.2 Å². The van der Waals surface area contributed by atoms with Gasteiger partial charge in [-0.25, -0.2) is 0 Å². The van der Waals surface area contributed by atoms with Crippen LogP contribution >= 0.6 is 0 Å². The molecule has 1 rings (SSSR count). The van der Waals surface area contributed by atoms with Crippen molar-refractivity contribution >= 4 is 11.6 Å². The van der Waals surface area contributed by atoms with Gasteiger partial charge in [-0.1, -0.05) is 25.8 Å². The molecule has 0 saturated carbocycles. The zero-order valence-electron chi connectivity index (χ0n) is 13.0. The topological polar surface area (TPSA) is 55.1 Å². The lowest BCUT2D eigenvalue weighted by molar-refractivity contribution is -0.116. The number of carbonyl (C=O) groups excluding carboxylic acids is 1. The summed E-state index contributed by atoms with van der Waals surface area (Å²) < 4.78 is 0. The molecule has 1 unspecified atom stereocenters. The summed E-state index contributed by atoms with van der Waals surface area (Å²) in [4.78, 5) is 12.0. The molecule has 0 radical (unpaired) electrons. The number of benzene rings is 1. The van der Waals surface area contributed by atoms with Crippen LogP contribution in [-0.4, -0.2) is 12.5 Å². The minimum Gasteiger partial charge on any atom is -0.330 e. The van der Waals surface area contributed by atoms with Gasteiger partial charge in [0.25, 0.3) is 0 Å². The Balaban J connectivity index is 2.44. The van der Waals surface area contributed by atoms with Crippen molar-refractivity contribution in [3.63, 3.8) is 0 Å². The van der Waals surface area contributed by atoms with E-state index in [1.54, 1.807) is 0 Å². The molecule has 0 aliphatic carbocycles. The highest BCUT2D eigenvalue weighted by molar-refractivity contribution is 5.90. The van der Waals surface area contributed by atoms with Crippen LogP contribution in [0.25, 0.3) is 0 Å². The number of aryl methyl sites for hydroxylation is 2. The molecule has 0 aromatic heterocycles. The summed E-state index contributed by atoms with van der Waals surface area (Å²) in [5.74, 6) is 0.682. The van der Waals surface area contributed by atoms with Crippen molar-refractivity contribution in [3.05, 3.63) is 29.3 Å². The van der Waals surface area contributed by atoms with Crippen molar-refractivity contribution in [1.29, 1.82) is 0 Å². The Hall–Kier alpha value is -1.35. The van der Waals surface area contributed by atoms with Gasteiger partial charge in [-0.05, 0) is 62.4 Å². The van der Waals surface area contributed by atoms with Gasteiger partial charge in [0.1, 0.15) is 0 Å². The van der Waals surface area contributed by atoms with Crippen LogP contribution < -0.4 is 11.1 Å². The lowest BCUT2D eigenvalue weighted by Crippen LogP contribution is -2.15. The van der Waals surface area contributed by atoms with E-state index in [0.29, 0.717) is 18.9 Å². The van der Waals surface area contributed by atoms with Crippen LogP contribution in [0.2, 0.25) is 0 Å². The van der Waals surface area contributed by atoms with Crippen LogP contribution in [-0.2, 0) is 4.79 Å². The average Bonchev–Trinajstić information content (AvgIpc) is 2.41. The van der Waals surface area contributed by atoms with Crippen LogP contribution in [0.15, 0.2) is 18.2 Å². The second-order valence-corrected chi connectivity index (χ2v) is 5.62. The quantitative estimate of drug-likeness (QED) is 0.759. The summed E-state index contributed by atoms with van der Waals surface area (Å²) in [7, 11) is 0. The highest BCUT2D eigenvalue weighted by atomic mass is 16.1. The van der Waals surface area contributed by atoms with E-state index < -0.39 is 0 Å². The lowest BCUT2D eigenvalue weighted by Gasteiger charge is -2.15. The van der Waals surface area contributed by atoms with Gasteiger partial charge in [-0.3, -0.25) is 4.79 Å². The molecule has 112 valence electrons. The predicted molar refractivity (Wildman–Crippen MR) is 85.8 cm³/mol. The number of rotatable bonds is 8. The molecule has 3 heteroatoms. The van der Waals surface area contributed by atoms with Gasteiger partial charge >= 0.3 is 0 Å². The molecule has 1 aromatic carbocycles. The number of carbonyl (C=O) groups is 1. The van der Waals surface area contributed by atoms with E-state index in [1.165, 1.54) is 11.1 Å². The van der Waals surface area contributed by atoms with Crippen molar-refractivity contribution in [3.8, 4) is 0 Å². The van der Waals surface area contributed by atoms with E-state index in [4.69, 9.17) is 5.73 Å². The van der Waals surface area contributed by atoms with Crippen molar-refractivity contribution in [2.75, 3.05) is 11.9 Å². The molecule has 1 aromatic rings. The van der Waals surface area contributed by atoms with E-state index in [2.05, 4.69) is 26.1 Å². The zero-order chi connectivity index (χ0) is 15.0. The maximum absolute atomic E-state index is 12.0. The molecule has 0 saturated heterocycles. The Kier molecular flexibility index (Phi) is 7.31. The molecular weight excluding hydrogens is 248 g/mol. The van der Waals surface area contributed by atoms with Crippen LogP contribution in [0.5, 0.6) is 0 Å². The maximum atomic E-state index is 12.0. The Morgan fingerprint density at radius 2 is 1.95 bits per heavy atom. The lowest BCUT2D eigenvalue weighted by atomic mass is 9.94. The standard InChI is InChI=1S/C17H28N2O/c1-4-5-15(10-11-18)7-9-17(20)19-16-8-6-13(2)14(3)12-16/h6,8,12,15H,4-5,7,9-11,18H2,1-3H3,(H,19,20). The molecule has 0 bridgehead atoms. The molecule has 20 heavy (non-hydrogen) atoms. The summed E-state index contributed by atoms with van der Waals surface area (Å²) in [5.41, 5.74) is 8.96. The molecule has 1 amide bonds. The fraction of sp³-hybridized carbons (Fsp3) is 0.588. The first-order valence-corrected chi connectivity index (χ1v) is 7.64. The number of hydrogen-bond acceptors (Lipinski definition) is 2. The van der Waals surface area contributed by atoms with Gasteiger partial charge in [0, 0.05) is 12.1 Å². The van der Waals surface area contributed by atoms with Crippen LogP contribution in [0, 0.1) is 19.8 Å².